The van der Waals surface area contributed by atoms with Gasteiger partial charge in [-0.3, -0.25) is 9.78 Å². The van der Waals surface area contributed by atoms with Gasteiger partial charge in [-0.15, -0.1) is 0 Å². The quantitative estimate of drug-likeness (QED) is 0.670. The van der Waals surface area contributed by atoms with Gasteiger partial charge in [-0.2, -0.15) is 0 Å². The summed E-state index contributed by atoms with van der Waals surface area (Å²) in [5.41, 5.74) is 6.84. The Morgan fingerprint density at radius 3 is 2.68 bits per heavy atom. The van der Waals surface area contributed by atoms with E-state index in [0.29, 0.717) is 16.3 Å². The zero-order valence-corrected chi connectivity index (χ0v) is 16.8. The molecule has 2 aromatic carbocycles. The van der Waals surface area contributed by atoms with Crippen LogP contribution in [0.4, 0.5) is 11.4 Å². The van der Waals surface area contributed by atoms with Gasteiger partial charge in [-0.25, -0.2) is 0 Å². The van der Waals surface area contributed by atoms with E-state index in [2.05, 4.69) is 39.5 Å². The maximum absolute atomic E-state index is 12.8. The average Bonchev–Trinajstić information content (AvgIpc) is 2.70. The molecule has 1 aromatic heterocycles. The number of pyridine rings is 1. The number of rotatable bonds is 3. The Bertz CT molecular complexity index is 1020. The molecule has 1 amide bonds. The van der Waals surface area contributed by atoms with Gasteiger partial charge in [0, 0.05) is 19.3 Å². The van der Waals surface area contributed by atoms with Crippen molar-refractivity contribution in [3.63, 3.8) is 0 Å². The van der Waals surface area contributed by atoms with Gasteiger partial charge >= 0.3 is 0 Å². The zero-order chi connectivity index (χ0) is 19.7. The summed E-state index contributed by atoms with van der Waals surface area (Å²) in [6.45, 7) is 5.65. The maximum atomic E-state index is 12.8. The van der Waals surface area contributed by atoms with Gasteiger partial charge in [0.05, 0.1) is 28.2 Å². The second-order valence-corrected chi connectivity index (χ2v) is 7.67. The molecule has 4 rings (SSSR count). The molecule has 1 aliphatic heterocycles. The Hall–Kier alpha value is -2.85. The van der Waals surface area contributed by atoms with E-state index in [1.807, 2.05) is 38.2 Å². The maximum Gasteiger partial charge on any atom is 0.257 e. The van der Waals surface area contributed by atoms with Crippen LogP contribution in [0.15, 0.2) is 54.9 Å². The summed E-state index contributed by atoms with van der Waals surface area (Å²) in [6, 6.07) is 14.2. The normalized spacial score (nSPS) is 13.2. The molecule has 3 aromatic rings. The molecule has 0 saturated heterocycles. The topological polar surface area (TPSA) is 45.2 Å². The molecule has 0 fully saturated rings. The van der Waals surface area contributed by atoms with Crippen LogP contribution in [-0.4, -0.2) is 17.4 Å². The second-order valence-electron chi connectivity index (χ2n) is 7.26. The van der Waals surface area contributed by atoms with Gasteiger partial charge in [0.25, 0.3) is 5.91 Å². The fourth-order valence-electron chi connectivity index (χ4n) is 3.70. The molecule has 0 spiro atoms. The van der Waals surface area contributed by atoms with E-state index in [4.69, 9.17) is 11.6 Å². The van der Waals surface area contributed by atoms with Crippen molar-refractivity contribution in [1.82, 2.24) is 4.98 Å². The molecule has 4 nitrogen and oxygen atoms in total. The van der Waals surface area contributed by atoms with E-state index in [1.165, 1.54) is 11.1 Å². The smallest absolute Gasteiger partial charge is 0.257 e. The van der Waals surface area contributed by atoms with Crippen LogP contribution in [0.5, 0.6) is 0 Å². The van der Waals surface area contributed by atoms with Crippen LogP contribution in [0.1, 0.15) is 32.6 Å². The van der Waals surface area contributed by atoms with Crippen LogP contribution < -0.4 is 10.2 Å². The number of hydrogen-bond acceptors (Lipinski definition) is 3. The number of nitrogens with zero attached hydrogens (tertiary/aromatic N) is 2. The summed E-state index contributed by atoms with van der Waals surface area (Å²) in [7, 11) is 0. The summed E-state index contributed by atoms with van der Waals surface area (Å²) in [6.07, 6.45) is 4.40. The van der Waals surface area contributed by atoms with Crippen molar-refractivity contribution in [2.75, 3.05) is 16.8 Å². The lowest BCUT2D eigenvalue weighted by molar-refractivity contribution is 0.102. The Balaban J connectivity index is 1.55. The molecular weight excluding hydrogens is 370 g/mol. The first kappa shape index (κ1) is 18.5. The first-order valence-electron chi connectivity index (χ1n) is 9.36. The molecule has 0 saturated carbocycles. The third kappa shape index (κ3) is 3.73. The first-order chi connectivity index (χ1) is 13.5. The Labute approximate surface area is 170 Å². The third-order valence-electron chi connectivity index (χ3n) is 5.15. The lowest BCUT2D eigenvalue weighted by atomic mass is 9.99. The van der Waals surface area contributed by atoms with E-state index < -0.39 is 0 Å². The van der Waals surface area contributed by atoms with Crippen LogP contribution in [0.3, 0.4) is 0 Å². The van der Waals surface area contributed by atoms with Crippen molar-refractivity contribution in [2.24, 2.45) is 0 Å². The number of fused-ring (bicyclic) bond motifs is 1. The molecule has 1 aliphatic rings. The molecule has 0 unspecified atom stereocenters. The number of nitrogens with one attached hydrogen (secondary N) is 1. The van der Waals surface area contributed by atoms with Crippen LogP contribution in [-0.2, 0) is 13.0 Å². The van der Waals surface area contributed by atoms with E-state index >= 15 is 0 Å². The Morgan fingerprint density at radius 2 is 1.89 bits per heavy atom. The standard InChI is InChI=1S/C23H22ClN3O/c1-15-9-16(2)22(21(24)10-15)26-23(28)19-11-20(13-25-12-19)27-8-7-17-5-3-4-6-18(17)14-27/h3-6,9-13H,7-8,14H2,1-2H3,(H,26,28). The molecule has 0 aliphatic carbocycles. The predicted molar refractivity (Wildman–Crippen MR) is 114 cm³/mol. The minimum absolute atomic E-state index is 0.208. The van der Waals surface area contributed by atoms with E-state index in [1.54, 1.807) is 6.20 Å². The third-order valence-corrected chi connectivity index (χ3v) is 5.45. The highest BCUT2D eigenvalue weighted by Gasteiger charge is 2.18. The van der Waals surface area contributed by atoms with Crippen LogP contribution in [0.2, 0.25) is 5.02 Å². The van der Waals surface area contributed by atoms with Crippen LogP contribution in [0, 0.1) is 13.8 Å². The van der Waals surface area contributed by atoms with Crippen molar-refractivity contribution in [3.05, 3.63) is 87.7 Å². The molecule has 5 heteroatoms. The van der Waals surface area contributed by atoms with Crippen molar-refractivity contribution in [1.29, 1.82) is 0 Å². The molecule has 0 bridgehead atoms. The molecule has 0 radical (unpaired) electrons. The van der Waals surface area contributed by atoms with Crippen molar-refractivity contribution in [2.45, 2.75) is 26.8 Å². The van der Waals surface area contributed by atoms with Crippen molar-refractivity contribution >= 4 is 28.9 Å². The monoisotopic (exact) mass is 391 g/mol. The fourth-order valence-corrected chi connectivity index (χ4v) is 4.07. The molecule has 2 heterocycles. The zero-order valence-electron chi connectivity index (χ0n) is 16.0. The van der Waals surface area contributed by atoms with Crippen molar-refractivity contribution in [3.8, 4) is 0 Å². The number of carbonyl (C=O) groups is 1. The van der Waals surface area contributed by atoms with Gasteiger partial charge in [0.1, 0.15) is 0 Å². The van der Waals surface area contributed by atoms with Gasteiger partial charge < -0.3 is 10.2 Å². The predicted octanol–water partition coefficient (Wildman–Crippen LogP) is 5.17. The highest BCUT2D eigenvalue weighted by Crippen LogP contribution is 2.29. The van der Waals surface area contributed by atoms with Gasteiger partial charge in [0.15, 0.2) is 0 Å². The molecule has 1 N–H and O–H groups in total. The van der Waals surface area contributed by atoms with E-state index in [0.717, 1.165) is 36.3 Å². The molecule has 28 heavy (non-hydrogen) atoms. The number of halogens is 1. The number of benzene rings is 2. The van der Waals surface area contributed by atoms with Crippen molar-refractivity contribution < 1.29 is 4.79 Å². The highest BCUT2D eigenvalue weighted by molar-refractivity contribution is 6.34. The molecule has 0 atom stereocenters. The Kier molecular flexibility index (Phi) is 5.05. The lowest BCUT2D eigenvalue weighted by Gasteiger charge is -2.30. The minimum Gasteiger partial charge on any atom is -0.366 e. The summed E-state index contributed by atoms with van der Waals surface area (Å²) in [5.74, 6) is -0.208. The second kappa shape index (κ2) is 7.64. The number of anilines is 2. The molecule has 142 valence electrons. The number of aromatic nitrogens is 1. The SMILES string of the molecule is Cc1cc(C)c(NC(=O)c2cncc(N3CCc4ccccc4C3)c2)c(Cl)c1. The first-order valence-corrected chi connectivity index (χ1v) is 9.74. The van der Waals surface area contributed by atoms with Crippen LogP contribution in [0.25, 0.3) is 0 Å². The lowest BCUT2D eigenvalue weighted by Crippen LogP contribution is -2.30. The molecular formula is C23H22ClN3O. The van der Waals surface area contributed by atoms with Gasteiger partial charge in [-0.05, 0) is 54.7 Å². The van der Waals surface area contributed by atoms with Gasteiger partial charge in [-0.1, -0.05) is 41.9 Å². The number of amides is 1. The minimum atomic E-state index is -0.208. The number of carbonyl (C=O) groups excluding carboxylic acids is 1. The largest absolute Gasteiger partial charge is 0.366 e. The van der Waals surface area contributed by atoms with Crippen LogP contribution >= 0.6 is 11.6 Å². The van der Waals surface area contributed by atoms with Gasteiger partial charge in [0.2, 0.25) is 0 Å². The Morgan fingerprint density at radius 1 is 1.11 bits per heavy atom. The number of hydrogen-bond donors (Lipinski definition) is 1. The average molecular weight is 392 g/mol. The number of aryl methyl sites for hydroxylation is 2. The fraction of sp³-hybridized carbons (Fsp3) is 0.217. The summed E-state index contributed by atoms with van der Waals surface area (Å²) >= 11 is 6.33. The summed E-state index contributed by atoms with van der Waals surface area (Å²) in [5, 5.41) is 3.48. The highest BCUT2D eigenvalue weighted by atomic mass is 35.5. The van der Waals surface area contributed by atoms with E-state index in [9.17, 15) is 4.79 Å². The summed E-state index contributed by atoms with van der Waals surface area (Å²) < 4.78 is 0. The van der Waals surface area contributed by atoms with E-state index in [-0.39, 0.29) is 5.91 Å². The summed E-state index contributed by atoms with van der Waals surface area (Å²) in [4.78, 5) is 19.4.